The Labute approximate surface area is 189 Å². The number of anilines is 2. The lowest BCUT2D eigenvalue weighted by Gasteiger charge is -2.41. The molecular weight excluding hydrogens is 402 g/mol. The van der Waals surface area contributed by atoms with E-state index >= 15 is 0 Å². The van der Waals surface area contributed by atoms with Crippen molar-refractivity contribution in [2.45, 2.75) is 52.7 Å². The summed E-state index contributed by atoms with van der Waals surface area (Å²) in [6.07, 6.45) is 5.90. The fourth-order valence-corrected chi connectivity index (χ4v) is 4.06. The van der Waals surface area contributed by atoms with E-state index in [9.17, 15) is 5.11 Å². The Balaban J connectivity index is 1.48. The van der Waals surface area contributed by atoms with E-state index in [1.54, 1.807) is 26.2 Å². The van der Waals surface area contributed by atoms with Gasteiger partial charge in [-0.3, -0.25) is 9.97 Å². The van der Waals surface area contributed by atoms with Crippen LogP contribution in [-0.2, 0) is 12.0 Å². The van der Waals surface area contributed by atoms with Gasteiger partial charge in [-0.15, -0.1) is 5.10 Å². The molecule has 1 saturated heterocycles. The van der Waals surface area contributed by atoms with Crippen molar-refractivity contribution >= 4 is 11.6 Å². The maximum atomic E-state index is 10.1. The van der Waals surface area contributed by atoms with Gasteiger partial charge in [0, 0.05) is 44.0 Å². The molecule has 4 heterocycles. The SMILES string of the molecule is Cc1c(Cc2ccccn2)nnc(N2CCN(c3cnc(C(C)(C)O)cn3)[C@H](C)C2)c1C. The van der Waals surface area contributed by atoms with Gasteiger partial charge in [0.15, 0.2) is 5.82 Å². The fourth-order valence-electron chi connectivity index (χ4n) is 4.06. The molecule has 3 aromatic heterocycles. The Kier molecular flexibility index (Phi) is 6.06. The molecule has 8 heteroatoms. The van der Waals surface area contributed by atoms with Crippen molar-refractivity contribution in [3.63, 3.8) is 0 Å². The molecule has 4 rings (SSSR count). The van der Waals surface area contributed by atoms with Crippen molar-refractivity contribution in [2.24, 2.45) is 0 Å². The normalized spacial score (nSPS) is 17.0. The molecule has 0 bridgehead atoms. The minimum absolute atomic E-state index is 0.237. The Hall–Kier alpha value is -3.13. The predicted molar refractivity (Wildman–Crippen MR) is 125 cm³/mol. The van der Waals surface area contributed by atoms with E-state index in [2.05, 4.69) is 55.7 Å². The molecule has 0 unspecified atom stereocenters. The van der Waals surface area contributed by atoms with Crippen molar-refractivity contribution < 1.29 is 5.11 Å². The third kappa shape index (κ3) is 4.55. The predicted octanol–water partition coefficient (Wildman–Crippen LogP) is 2.81. The molecular formula is C24H31N7O. The molecule has 0 radical (unpaired) electrons. The zero-order valence-corrected chi connectivity index (χ0v) is 19.4. The summed E-state index contributed by atoms with van der Waals surface area (Å²) >= 11 is 0. The van der Waals surface area contributed by atoms with Gasteiger partial charge < -0.3 is 14.9 Å². The van der Waals surface area contributed by atoms with Crippen LogP contribution in [0, 0.1) is 13.8 Å². The maximum absolute atomic E-state index is 10.1. The molecule has 3 aromatic rings. The largest absolute Gasteiger partial charge is 0.384 e. The molecule has 1 aliphatic rings. The van der Waals surface area contributed by atoms with E-state index in [-0.39, 0.29) is 6.04 Å². The lowest BCUT2D eigenvalue weighted by atomic mass is 10.0. The zero-order chi connectivity index (χ0) is 22.9. The summed E-state index contributed by atoms with van der Waals surface area (Å²) in [6.45, 7) is 12.3. The van der Waals surface area contributed by atoms with Crippen LogP contribution in [0.25, 0.3) is 0 Å². The second kappa shape index (κ2) is 8.78. The molecule has 1 fully saturated rings. The van der Waals surface area contributed by atoms with E-state index in [0.717, 1.165) is 42.7 Å². The number of aliphatic hydroxyl groups is 1. The van der Waals surface area contributed by atoms with Crippen LogP contribution in [0.15, 0.2) is 36.8 Å². The molecule has 0 spiro atoms. The van der Waals surface area contributed by atoms with Gasteiger partial charge in [0.2, 0.25) is 0 Å². The Morgan fingerprint density at radius 1 is 1.03 bits per heavy atom. The molecule has 8 nitrogen and oxygen atoms in total. The number of aromatic nitrogens is 5. The molecule has 1 atom stereocenters. The van der Waals surface area contributed by atoms with Gasteiger partial charge in [-0.05, 0) is 57.9 Å². The summed E-state index contributed by atoms with van der Waals surface area (Å²) in [5, 5.41) is 19.3. The highest BCUT2D eigenvalue weighted by Crippen LogP contribution is 2.27. The highest BCUT2D eigenvalue weighted by molar-refractivity contribution is 5.52. The molecule has 1 N–H and O–H groups in total. The van der Waals surface area contributed by atoms with Gasteiger partial charge in [0.25, 0.3) is 0 Å². The van der Waals surface area contributed by atoms with Gasteiger partial charge in [-0.25, -0.2) is 4.98 Å². The topological polar surface area (TPSA) is 91.2 Å². The van der Waals surface area contributed by atoms with Crippen molar-refractivity contribution in [3.8, 4) is 0 Å². The van der Waals surface area contributed by atoms with Gasteiger partial charge in [-0.2, -0.15) is 5.10 Å². The minimum atomic E-state index is -0.993. The molecule has 0 saturated carbocycles. The molecule has 0 aromatic carbocycles. The van der Waals surface area contributed by atoms with Crippen LogP contribution in [0.3, 0.4) is 0 Å². The standard InChI is InChI=1S/C24H31N7O/c1-16-15-30(10-11-31(16)22-14-26-21(13-27-22)24(4,5)32)23-18(3)17(2)20(28-29-23)12-19-8-6-7-9-25-19/h6-9,13-14,16,32H,10-12,15H2,1-5H3/t16-/m1/s1. The van der Waals surface area contributed by atoms with Crippen LogP contribution in [0.4, 0.5) is 11.6 Å². The number of pyridine rings is 1. The summed E-state index contributed by atoms with van der Waals surface area (Å²) in [5.41, 5.74) is 3.88. The highest BCUT2D eigenvalue weighted by Gasteiger charge is 2.28. The summed E-state index contributed by atoms with van der Waals surface area (Å²) in [4.78, 5) is 17.9. The maximum Gasteiger partial charge on any atom is 0.154 e. The Bertz CT molecular complexity index is 1060. The third-order valence-electron chi connectivity index (χ3n) is 6.16. The number of hydrogen-bond donors (Lipinski definition) is 1. The summed E-state index contributed by atoms with van der Waals surface area (Å²) in [6, 6.07) is 6.17. The average molecular weight is 434 g/mol. The summed E-state index contributed by atoms with van der Waals surface area (Å²) < 4.78 is 0. The van der Waals surface area contributed by atoms with Crippen LogP contribution in [-0.4, -0.2) is 55.9 Å². The Morgan fingerprint density at radius 3 is 2.47 bits per heavy atom. The van der Waals surface area contributed by atoms with Crippen molar-refractivity contribution in [1.82, 2.24) is 25.1 Å². The molecule has 0 amide bonds. The number of piperazine rings is 1. The van der Waals surface area contributed by atoms with E-state index in [1.807, 2.05) is 24.4 Å². The monoisotopic (exact) mass is 433 g/mol. The molecule has 32 heavy (non-hydrogen) atoms. The van der Waals surface area contributed by atoms with Crippen molar-refractivity contribution in [1.29, 1.82) is 0 Å². The fraction of sp³-hybridized carbons (Fsp3) is 0.458. The molecule has 1 aliphatic heterocycles. The van der Waals surface area contributed by atoms with E-state index in [4.69, 9.17) is 0 Å². The number of hydrogen-bond acceptors (Lipinski definition) is 8. The van der Waals surface area contributed by atoms with Crippen LogP contribution in [0.1, 0.15) is 49.0 Å². The van der Waals surface area contributed by atoms with E-state index in [1.165, 1.54) is 11.1 Å². The molecule has 0 aliphatic carbocycles. The van der Waals surface area contributed by atoms with Gasteiger partial charge in [0.1, 0.15) is 11.4 Å². The second-order valence-corrected chi connectivity index (χ2v) is 9.03. The van der Waals surface area contributed by atoms with Crippen molar-refractivity contribution in [3.05, 3.63) is 65.0 Å². The molecule has 168 valence electrons. The van der Waals surface area contributed by atoms with Crippen LogP contribution in [0.5, 0.6) is 0 Å². The first-order valence-corrected chi connectivity index (χ1v) is 11.0. The van der Waals surface area contributed by atoms with Crippen LogP contribution >= 0.6 is 0 Å². The van der Waals surface area contributed by atoms with E-state index < -0.39 is 5.60 Å². The first-order valence-electron chi connectivity index (χ1n) is 11.0. The minimum Gasteiger partial charge on any atom is -0.384 e. The van der Waals surface area contributed by atoms with Crippen molar-refractivity contribution in [2.75, 3.05) is 29.4 Å². The van der Waals surface area contributed by atoms with Gasteiger partial charge in [0.05, 0.1) is 23.8 Å². The lowest BCUT2D eigenvalue weighted by molar-refractivity contribution is 0.0734. The van der Waals surface area contributed by atoms with Gasteiger partial charge in [-0.1, -0.05) is 6.07 Å². The quantitative estimate of drug-likeness (QED) is 0.657. The lowest BCUT2D eigenvalue weighted by Crippen LogP contribution is -2.53. The highest BCUT2D eigenvalue weighted by atomic mass is 16.3. The smallest absolute Gasteiger partial charge is 0.154 e. The third-order valence-corrected chi connectivity index (χ3v) is 6.16. The summed E-state index contributed by atoms with van der Waals surface area (Å²) in [7, 11) is 0. The van der Waals surface area contributed by atoms with Gasteiger partial charge >= 0.3 is 0 Å². The first kappa shape index (κ1) is 22.1. The number of nitrogens with zero attached hydrogens (tertiary/aromatic N) is 7. The first-order chi connectivity index (χ1) is 15.2. The average Bonchev–Trinajstić information content (AvgIpc) is 2.77. The van der Waals surface area contributed by atoms with Crippen LogP contribution in [0.2, 0.25) is 0 Å². The van der Waals surface area contributed by atoms with E-state index in [0.29, 0.717) is 12.1 Å². The number of rotatable bonds is 5. The Morgan fingerprint density at radius 2 is 1.84 bits per heavy atom. The second-order valence-electron chi connectivity index (χ2n) is 9.03. The van der Waals surface area contributed by atoms with Crippen LogP contribution < -0.4 is 9.80 Å². The zero-order valence-electron chi connectivity index (χ0n) is 19.4. The summed E-state index contributed by atoms with van der Waals surface area (Å²) in [5.74, 6) is 1.78.